The number of hydrogen-bond donors (Lipinski definition) is 1. The van der Waals surface area contributed by atoms with Crippen LogP contribution in [0.15, 0.2) is 46.9 Å². The topological polar surface area (TPSA) is 68.4 Å². The second kappa shape index (κ2) is 8.64. The summed E-state index contributed by atoms with van der Waals surface area (Å²) in [7, 11) is 1.50. The van der Waals surface area contributed by atoms with Gasteiger partial charge in [0, 0.05) is 36.8 Å². The molecule has 0 radical (unpaired) electrons. The number of benzene rings is 2. The van der Waals surface area contributed by atoms with Crippen LogP contribution in [-0.2, 0) is 17.9 Å². The maximum absolute atomic E-state index is 13.6. The summed E-state index contributed by atoms with van der Waals surface area (Å²) in [6.07, 6.45) is 0.335. The molecule has 2 aromatic carbocycles. The summed E-state index contributed by atoms with van der Waals surface area (Å²) < 4.78 is 38.3. The Morgan fingerprint density at radius 3 is 2.24 bits per heavy atom. The second-order valence-electron chi connectivity index (χ2n) is 8.63. The fourth-order valence-electron chi connectivity index (χ4n) is 4.10. The summed E-state index contributed by atoms with van der Waals surface area (Å²) in [5, 5.41) is 12.4. The van der Waals surface area contributed by atoms with Gasteiger partial charge in [-0.05, 0) is 37.1 Å². The molecule has 0 saturated heterocycles. The van der Waals surface area contributed by atoms with Crippen LogP contribution in [0.3, 0.4) is 0 Å². The number of halogens is 3. The van der Waals surface area contributed by atoms with Crippen LogP contribution in [0.2, 0.25) is 5.02 Å². The lowest BCUT2D eigenvalue weighted by Gasteiger charge is -2.23. The number of fused-ring (bicyclic) bond motifs is 1. The Hall–Kier alpha value is -3.03. The van der Waals surface area contributed by atoms with E-state index >= 15 is 0 Å². The number of methoxy groups -OCH3 is 1. The van der Waals surface area contributed by atoms with Crippen LogP contribution in [0.1, 0.15) is 53.4 Å². The van der Waals surface area contributed by atoms with Crippen molar-refractivity contribution in [2.24, 2.45) is 0 Å². The maximum Gasteiger partial charge on any atom is 0.270 e. The summed E-state index contributed by atoms with van der Waals surface area (Å²) in [5.74, 6) is -1.74. The molecular formula is C26H25ClF2N2O3. The average Bonchev–Trinajstić information content (AvgIpc) is 3.13. The quantitative estimate of drug-likeness (QED) is 0.338. The Labute approximate surface area is 201 Å². The molecule has 2 aromatic heterocycles. The van der Waals surface area contributed by atoms with Gasteiger partial charge in [0.05, 0.1) is 23.3 Å². The van der Waals surface area contributed by atoms with Crippen molar-refractivity contribution in [2.45, 2.75) is 45.6 Å². The van der Waals surface area contributed by atoms with Crippen LogP contribution in [-0.4, -0.2) is 22.2 Å². The Balaban J connectivity index is 1.79. The van der Waals surface area contributed by atoms with Crippen molar-refractivity contribution in [3.8, 4) is 5.88 Å². The van der Waals surface area contributed by atoms with Gasteiger partial charge in [-0.25, -0.2) is 18.7 Å². The van der Waals surface area contributed by atoms with Crippen LogP contribution in [0, 0.1) is 13.8 Å². The molecule has 0 aliphatic rings. The van der Waals surface area contributed by atoms with Crippen molar-refractivity contribution in [3.63, 3.8) is 0 Å². The average molecular weight is 487 g/mol. The van der Waals surface area contributed by atoms with E-state index in [9.17, 15) is 13.9 Å². The highest BCUT2D eigenvalue weighted by Gasteiger charge is 2.33. The van der Waals surface area contributed by atoms with Crippen LogP contribution in [0.5, 0.6) is 5.88 Å². The first-order valence-electron chi connectivity index (χ1n) is 10.7. The molecule has 4 aromatic rings. The molecule has 1 N–H and O–H groups in total. The maximum atomic E-state index is 13.6. The number of aromatic nitrogens is 2. The van der Waals surface area contributed by atoms with Crippen molar-refractivity contribution in [3.05, 3.63) is 87.1 Å². The third-order valence-corrected chi connectivity index (χ3v) is 6.35. The van der Waals surface area contributed by atoms with Gasteiger partial charge < -0.3 is 14.3 Å². The summed E-state index contributed by atoms with van der Waals surface area (Å²) in [5.41, 5.74) is 1.66. The van der Waals surface area contributed by atoms with E-state index in [4.69, 9.17) is 20.8 Å². The van der Waals surface area contributed by atoms with E-state index < -0.39 is 11.5 Å². The number of aryl methyl sites for hydroxylation is 2. The Kier molecular flexibility index (Phi) is 6.12. The largest absolute Gasteiger partial charge is 0.481 e. The molecule has 8 heteroatoms. The molecule has 5 nitrogen and oxygen atoms in total. The lowest BCUT2D eigenvalue weighted by molar-refractivity contribution is 0.0174. The fourth-order valence-corrected chi connectivity index (χ4v) is 4.40. The number of alkyl halides is 2. The molecule has 178 valence electrons. The van der Waals surface area contributed by atoms with E-state index in [1.165, 1.54) is 19.2 Å². The van der Waals surface area contributed by atoms with Crippen molar-refractivity contribution >= 4 is 22.5 Å². The Morgan fingerprint density at radius 1 is 1.03 bits per heavy atom. The first kappa shape index (κ1) is 24.1. The SMILES string of the molecule is COc1nc2ccc(C(C)(O)c3oc(C)nc3C)cc2c(Cl)c1Cc1ccc(C(C)(F)F)cc1. The molecule has 4 rings (SSSR count). The van der Waals surface area contributed by atoms with Gasteiger partial charge >= 0.3 is 0 Å². The number of hydrogen-bond acceptors (Lipinski definition) is 5. The summed E-state index contributed by atoms with van der Waals surface area (Å²) in [6, 6.07) is 11.4. The van der Waals surface area contributed by atoms with E-state index in [2.05, 4.69) is 9.97 Å². The summed E-state index contributed by atoms with van der Waals surface area (Å²) >= 11 is 6.83. The van der Waals surface area contributed by atoms with E-state index in [1.807, 2.05) is 0 Å². The third-order valence-electron chi connectivity index (χ3n) is 5.92. The summed E-state index contributed by atoms with van der Waals surface area (Å²) in [6.45, 7) is 6.00. The highest BCUT2D eigenvalue weighted by atomic mass is 35.5. The molecule has 0 spiro atoms. The van der Waals surface area contributed by atoms with Gasteiger partial charge in [0.2, 0.25) is 5.88 Å². The van der Waals surface area contributed by atoms with Gasteiger partial charge in [0.15, 0.2) is 11.7 Å². The number of rotatable bonds is 6. The highest BCUT2D eigenvalue weighted by Crippen LogP contribution is 2.38. The van der Waals surface area contributed by atoms with Gasteiger partial charge in [0.25, 0.3) is 5.92 Å². The van der Waals surface area contributed by atoms with Crippen LogP contribution in [0.25, 0.3) is 10.9 Å². The molecule has 34 heavy (non-hydrogen) atoms. The minimum absolute atomic E-state index is 0.0595. The van der Waals surface area contributed by atoms with Crippen molar-refractivity contribution in [2.75, 3.05) is 7.11 Å². The van der Waals surface area contributed by atoms with Gasteiger partial charge in [-0.3, -0.25) is 0 Å². The fraction of sp³-hybridized carbons (Fsp3) is 0.308. The molecule has 0 aliphatic carbocycles. The molecule has 2 heterocycles. The lowest BCUT2D eigenvalue weighted by atomic mass is 9.90. The Bertz CT molecular complexity index is 1360. The van der Waals surface area contributed by atoms with E-state index in [-0.39, 0.29) is 5.56 Å². The lowest BCUT2D eigenvalue weighted by Crippen LogP contribution is -2.23. The van der Waals surface area contributed by atoms with Gasteiger partial charge in [-0.2, -0.15) is 0 Å². The first-order valence-corrected chi connectivity index (χ1v) is 11.1. The van der Waals surface area contributed by atoms with Crippen LogP contribution < -0.4 is 4.74 Å². The van der Waals surface area contributed by atoms with E-state index in [1.54, 1.807) is 51.1 Å². The molecule has 0 saturated carbocycles. The molecule has 1 unspecified atom stereocenters. The molecule has 0 aliphatic heterocycles. The van der Waals surface area contributed by atoms with Crippen molar-refractivity contribution in [1.82, 2.24) is 9.97 Å². The molecular weight excluding hydrogens is 462 g/mol. The zero-order chi connectivity index (χ0) is 24.8. The number of pyridine rings is 1. The van der Waals surface area contributed by atoms with Gasteiger partial charge in [-0.15, -0.1) is 0 Å². The normalized spacial score (nSPS) is 13.8. The van der Waals surface area contributed by atoms with Crippen molar-refractivity contribution < 1.29 is 23.0 Å². The minimum Gasteiger partial charge on any atom is -0.481 e. The summed E-state index contributed by atoms with van der Waals surface area (Å²) in [4.78, 5) is 8.84. The number of ether oxygens (including phenoxy) is 1. The third kappa shape index (κ3) is 4.38. The number of oxazole rings is 1. The minimum atomic E-state index is -2.91. The highest BCUT2D eigenvalue weighted by molar-refractivity contribution is 6.36. The second-order valence-corrected chi connectivity index (χ2v) is 9.01. The van der Waals surface area contributed by atoms with E-state index in [0.717, 1.165) is 12.5 Å². The van der Waals surface area contributed by atoms with Gasteiger partial charge in [-0.1, -0.05) is 41.9 Å². The first-order chi connectivity index (χ1) is 15.9. The predicted molar refractivity (Wildman–Crippen MR) is 127 cm³/mol. The standard InChI is InChI=1S/C26H25ClF2N2O3/c1-14-23(34-15(2)30-14)25(3,32)18-10-11-21-19(13-18)22(27)20(24(31-21)33-5)12-16-6-8-17(9-7-16)26(4,28)29/h6-11,13,32H,12H2,1-5H3. The number of aliphatic hydroxyl groups is 1. The van der Waals surface area contributed by atoms with E-state index in [0.29, 0.717) is 56.7 Å². The van der Waals surface area contributed by atoms with Crippen molar-refractivity contribution in [1.29, 1.82) is 0 Å². The molecule has 1 atom stereocenters. The predicted octanol–water partition coefficient (Wildman–Crippen LogP) is 6.46. The zero-order valence-electron chi connectivity index (χ0n) is 19.5. The van der Waals surface area contributed by atoms with Crippen LogP contribution in [0.4, 0.5) is 8.78 Å². The van der Waals surface area contributed by atoms with Crippen LogP contribution >= 0.6 is 11.6 Å². The molecule has 0 bridgehead atoms. The zero-order valence-corrected chi connectivity index (χ0v) is 20.3. The Morgan fingerprint density at radius 2 is 1.68 bits per heavy atom. The molecule has 0 amide bonds. The van der Waals surface area contributed by atoms with Gasteiger partial charge in [0.1, 0.15) is 5.60 Å². The number of nitrogens with zero attached hydrogens (tertiary/aromatic N) is 2. The monoisotopic (exact) mass is 486 g/mol. The smallest absolute Gasteiger partial charge is 0.270 e. The molecule has 0 fully saturated rings.